The van der Waals surface area contributed by atoms with Gasteiger partial charge < -0.3 is 10.6 Å². The number of nitrogens with zero attached hydrogens (tertiary/aromatic N) is 3. The van der Waals surface area contributed by atoms with Gasteiger partial charge in [-0.15, -0.1) is 5.10 Å². The molecule has 16 heavy (non-hydrogen) atoms. The first-order valence-electron chi connectivity index (χ1n) is 5.59. The fourth-order valence-corrected chi connectivity index (χ4v) is 1.46. The molecule has 1 fully saturated rings. The number of nitrogens with one attached hydrogen (secondary N) is 2. The summed E-state index contributed by atoms with van der Waals surface area (Å²) in [4.78, 5) is 11.3. The molecule has 1 aromatic heterocycles. The van der Waals surface area contributed by atoms with Gasteiger partial charge in [0.05, 0.1) is 5.69 Å². The van der Waals surface area contributed by atoms with Gasteiger partial charge in [-0.3, -0.25) is 9.48 Å². The molecule has 1 aromatic rings. The van der Waals surface area contributed by atoms with E-state index in [1.807, 2.05) is 13.2 Å². The lowest BCUT2D eigenvalue weighted by molar-refractivity contribution is -0.122. The molecular weight excluding hydrogens is 206 g/mol. The van der Waals surface area contributed by atoms with Crippen LogP contribution in [0.15, 0.2) is 6.20 Å². The molecule has 2 N–H and O–H groups in total. The Morgan fingerprint density at radius 1 is 1.56 bits per heavy atom. The van der Waals surface area contributed by atoms with E-state index < -0.39 is 0 Å². The van der Waals surface area contributed by atoms with E-state index in [4.69, 9.17) is 0 Å². The molecule has 0 aliphatic heterocycles. The van der Waals surface area contributed by atoms with Crippen LogP contribution in [0.3, 0.4) is 0 Å². The maximum absolute atomic E-state index is 11.3. The summed E-state index contributed by atoms with van der Waals surface area (Å²) in [6.07, 6.45) is 3.98. The molecule has 1 aliphatic rings. The van der Waals surface area contributed by atoms with Crippen LogP contribution in [0.25, 0.3) is 0 Å². The van der Waals surface area contributed by atoms with Gasteiger partial charge in [0.15, 0.2) is 0 Å². The normalized spacial score (nSPS) is 15.1. The summed E-state index contributed by atoms with van der Waals surface area (Å²) in [7, 11) is 1.84. The number of carbonyl (C=O) groups excluding carboxylic acids is 1. The van der Waals surface area contributed by atoms with Crippen molar-refractivity contribution in [2.24, 2.45) is 13.0 Å². The largest absolute Gasteiger partial charge is 0.355 e. The lowest BCUT2D eigenvalue weighted by atomic mass is 10.4. The Hall–Kier alpha value is -1.43. The van der Waals surface area contributed by atoms with Crippen molar-refractivity contribution in [2.75, 3.05) is 13.1 Å². The smallest absolute Gasteiger partial charge is 0.223 e. The van der Waals surface area contributed by atoms with Crippen LogP contribution in [0.1, 0.15) is 18.5 Å². The fraction of sp³-hybridized carbons (Fsp3) is 0.700. The van der Waals surface area contributed by atoms with Crippen molar-refractivity contribution in [2.45, 2.75) is 19.4 Å². The molecule has 0 saturated heterocycles. The topological polar surface area (TPSA) is 71.8 Å². The molecule has 6 heteroatoms. The highest BCUT2D eigenvalue weighted by Crippen LogP contribution is 2.28. The standard InChI is InChI=1S/C10H17N5O/c1-15-7-9(13-14-15)6-11-4-5-12-10(16)8-2-3-8/h7-8,11H,2-6H2,1H3,(H,12,16). The molecule has 1 aliphatic carbocycles. The van der Waals surface area contributed by atoms with Crippen molar-refractivity contribution in [1.82, 2.24) is 25.6 Å². The Morgan fingerprint density at radius 2 is 2.38 bits per heavy atom. The molecule has 6 nitrogen and oxygen atoms in total. The van der Waals surface area contributed by atoms with Crippen LogP contribution >= 0.6 is 0 Å². The zero-order valence-corrected chi connectivity index (χ0v) is 9.44. The molecule has 0 radical (unpaired) electrons. The van der Waals surface area contributed by atoms with Gasteiger partial charge in [-0.25, -0.2) is 0 Å². The predicted octanol–water partition coefficient (Wildman–Crippen LogP) is -0.569. The second kappa shape index (κ2) is 5.07. The van der Waals surface area contributed by atoms with E-state index in [-0.39, 0.29) is 5.91 Å². The lowest BCUT2D eigenvalue weighted by Crippen LogP contribution is -2.32. The first kappa shape index (κ1) is 11.1. The van der Waals surface area contributed by atoms with E-state index in [9.17, 15) is 4.79 Å². The third-order valence-electron chi connectivity index (χ3n) is 2.51. The van der Waals surface area contributed by atoms with Gasteiger partial charge in [-0.05, 0) is 12.8 Å². The van der Waals surface area contributed by atoms with Crippen LogP contribution in [-0.2, 0) is 18.4 Å². The second-order valence-electron chi connectivity index (χ2n) is 4.13. The highest BCUT2D eigenvalue weighted by atomic mass is 16.2. The zero-order chi connectivity index (χ0) is 11.4. The van der Waals surface area contributed by atoms with Gasteiger partial charge in [0, 0.05) is 38.8 Å². The minimum Gasteiger partial charge on any atom is -0.355 e. The van der Waals surface area contributed by atoms with Crippen LogP contribution in [0.2, 0.25) is 0 Å². The van der Waals surface area contributed by atoms with Crippen LogP contribution in [0, 0.1) is 5.92 Å². The number of hydrogen-bond acceptors (Lipinski definition) is 4. The highest BCUT2D eigenvalue weighted by molar-refractivity contribution is 5.80. The highest BCUT2D eigenvalue weighted by Gasteiger charge is 2.28. The van der Waals surface area contributed by atoms with Gasteiger partial charge in [0.25, 0.3) is 0 Å². The molecule has 1 amide bonds. The minimum absolute atomic E-state index is 0.196. The summed E-state index contributed by atoms with van der Waals surface area (Å²) in [6, 6.07) is 0. The van der Waals surface area contributed by atoms with E-state index in [0.29, 0.717) is 19.0 Å². The predicted molar refractivity (Wildman–Crippen MR) is 58.4 cm³/mol. The summed E-state index contributed by atoms with van der Waals surface area (Å²) in [5.74, 6) is 0.487. The van der Waals surface area contributed by atoms with Gasteiger partial charge in [-0.1, -0.05) is 5.21 Å². The monoisotopic (exact) mass is 223 g/mol. The molecule has 0 unspecified atom stereocenters. The molecule has 0 bridgehead atoms. The number of aryl methyl sites for hydroxylation is 1. The van der Waals surface area contributed by atoms with Gasteiger partial charge in [-0.2, -0.15) is 0 Å². The van der Waals surface area contributed by atoms with Crippen LogP contribution in [-0.4, -0.2) is 34.0 Å². The Bertz CT molecular complexity index is 358. The molecule has 1 saturated carbocycles. The number of carbonyl (C=O) groups is 1. The van der Waals surface area contributed by atoms with E-state index in [0.717, 1.165) is 25.1 Å². The van der Waals surface area contributed by atoms with Crippen LogP contribution in [0.4, 0.5) is 0 Å². The number of amides is 1. The van der Waals surface area contributed by atoms with Crippen molar-refractivity contribution < 1.29 is 4.79 Å². The van der Waals surface area contributed by atoms with Gasteiger partial charge in [0.2, 0.25) is 5.91 Å². The van der Waals surface area contributed by atoms with Crippen molar-refractivity contribution >= 4 is 5.91 Å². The van der Waals surface area contributed by atoms with Crippen LogP contribution in [0.5, 0.6) is 0 Å². The average Bonchev–Trinajstić information content (AvgIpc) is 3.03. The Kier molecular flexibility index (Phi) is 3.51. The first-order chi connectivity index (χ1) is 7.75. The first-order valence-corrected chi connectivity index (χ1v) is 5.59. The molecule has 1 heterocycles. The molecule has 0 atom stereocenters. The number of aromatic nitrogens is 3. The number of rotatable bonds is 6. The summed E-state index contributed by atoms with van der Waals surface area (Å²) in [6.45, 7) is 2.12. The quantitative estimate of drug-likeness (QED) is 0.634. The Balaban J connectivity index is 1.53. The summed E-state index contributed by atoms with van der Waals surface area (Å²) >= 11 is 0. The van der Waals surface area contributed by atoms with E-state index in [1.165, 1.54) is 0 Å². The van der Waals surface area contributed by atoms with Crippen LogP contribution < -0.4 is 10.6 Å². The molecule has 2 rings (SSSR count). The zero-order valence-electron chi connectivity index (χ0n) is 9.44. The Labute approximate surface area is 94.4 Å². The number of hydrogen-bond donors (Lipinski definition) is 2. The molecular formula is C10H17N5O. The van der Waals surface area contributed by atoms with Crippen molar-refractivity contribution in [3.8, 4) is 0 Å². The van der Waals surface area contributed by atoms with E-state index >= 15 is 0 Å². The van der Waals surface area contributed by atoms with Gasteiger partial charge >= 0.3 is 0 Å². The second-order valence-corrected chi connectivity index (χ2v) is 4.13. The lowest BCUT2D eigenvalue weighted by Gasteiger charge is -2.04. The summed E-state index contributed by atoms with van der Waals surface area (Å²) < 4.78 is 1.67. The Morgan fingerprint density at radius 3 is 3.00 bits per heavy atom. The molecule has 0 spiro atoms. The average molecular weight is 223 g/mol. The molecule has 88 valence electrons. The summed E-state index contributed by atoms with van der Waals surface area (Å²) in [5, 5.41) is 13.9. The maximum Gasteiger partial charge on any atom is 0.223 e. The maximum atomic E-state index is 11.3. The summed E-state index contributed by atoms with van der Waals surface area (Å²) in [5.41, 5.74) is 0.913. The van der Waals surface area contributed by atoms with E-state index in [1.54, 1.807) is 4.68 Å². The van der Waals surface area contributed by atoms with Crippen molar-refractivity contribution in [3.05, 3.63) is 11.9 Å². The fourth-order valence-electron chi connectivity index (χ4n) is 1.46. The third-order valence-corrected chi connectivity index (χ3v) is 2.51. The van der Waals surface area contributed by atoms with Gasteiger partial charge in [0.1, 0.15) is 0 Å². The van der Waals surface area contributed by atoms with E-state index in [2.05, 4.69) is 20.9 Å². The molecule has 0 aromatic carbocycles. The van der Waals surface area contributed by atoms with Crippen molar-refractivity contribution in [3.63, 3.8) is 0 Å². The van der Waals surface area contributed by atoms with Crippen molar-refractivity contribution in [1.29, 1.82) is 0 Å². The minimum atomic E-state index is 0.196. The third kappa shape index (κ3) is 3.30. The SMILES string of the molecule is Cn1cc(CNCCNC(=O)C2CC2)nn1.